The van der Waals surface area contributed by atoms with Crippen molar-refractivity contribution in [3.8, 4) is 11.5 Å². The van der Waals surface area contributed by atoms with Crippen LogP contribution in [-0.2, 0) is 11.3 Å². The van der Waals surface area contributed by atoms with E-state index in [1.54, 1.807) is 50.6 Å². The topological polar surface area (TPSA) is 76.7 Å². The van der Waals surface area contributed by atoms with Gasteiger partial charge in [-0.25, -0.2) is 0 Å². The van der Waals surface area contributed by atoms with Crippen molar-refractivity contribution in [2.75, 3.05) is 14.2 Å². The summed E-state index contributed by atoms with van der Waals surface area (Å²) < 4.78 is 10.6. The zero-order chi connectivity index (χ0) is 22.9. The summed E-state index contributed by atoms with van der Waals surface area (Å²) in [4.78, 5) is 25.6. The van der Waals surface area contributed by atoms with Gasteiger partial charge in [-0.15, -0.1) is 0 Å². The van der Waals surface area contributed by atoms with E-state index in [2.05, 4.69) is 10.6 Å². The Kier molecular flexibility index (Phi) is 8.11. The van der Waals surface area contributed by atoms with Crippen LogP contribution < -0.4 is 20.1 Å². The molecule has 0 aromatic heterocycles. The molecule has 0 saturated heterocycles. The molecule has 0 aliphatic rings. The summed E-state index contributed by atoms with van der Waals surface area (Å²) in [6.07, 6.45) is 0.0620. The van der Waals surface area contributed by atoms with Crippen molar-refractivity contribution in [1.29, 1.82) is 0 Å². The van der Waals surface area contributed by atoms with E-state index in [0.717, 1.165) is 11.1 Å². The van der Waals surface area contributed by atoms with E-state index in [0.29, 0.717) is 22.1 Å². The highest BCUT2D eigenvalue weighted by Gasteiger charge is 2.20. The fourth-order valence-electron chi connectivity index (χ4n) is 3.29. The molecular weight excluding hydrogens is 428 g/mol. The van der Waals surface area contributed by atoms with Crippen LogP contribution in [-0.4, -0.2) is 26.0 Å². The SMILES string of the molecule is COc1ccc(OC)c(CNC(=O)CC(NC(=O)c2ccccc2Cl)c2ccccc2)c1. The van der Waals surface area contributed by atoms with Crippen molar-refractivity contribution in [3.05, 3.63) is 94.5 Å². The van der Waals surface area contributed by atoms with E-state index < -0.39 is 6.04 Å². The minimum Gasteiger partial charge on any atom is -0.497 e. The van der Waals surface area contributed by atoms with Crippen LogP contribution in [0.15, 0.2) is 72.8 Å². The molecule has 1 atom stereocenters. The molecule has 3 aromatic rings. The van der Waals surface area contributed by atoms with Gasteiger partial charge < -0.3 is 20.1 Å². The number of methoxy groups -OCH3 is 2. The van der Waals surface area contributed by atoms with Crippen molar-refractivity contribution in [3.63, 3.8) is 0 Å². The van der Waals surface area contributed by atoms with Gasteiger partial charge in [0.15, 0.2) is 0 Å². The number of nitrogens with one attached hydrogen (secondary N) is 2. The highest BCUT2D eigenvalue weighted by Crippen LogP contribution is 2.24. The summed E-state index contributed by atoms with van der Waals surface area (Å²) in [6, 6.07) is 21.0. The van der Waals surface area contributed by atoms with Crippen molar-refractivity contribution >= 4 is 23.4 Å². The second-order valence-electron chi connectivity index (χ2n) is 7.08. The molecule has 2 N–H and O–H groups in total. The first-order valence-electron chi connectivity index (χ1n) is 10.1. The van der Waals surface area contributed by atoms with Crippen LogP contribution in [0.25, 0.3) is 0 Å². The van der Waals surface area contributed by atoms with Crippen molar-refractivity contribution < 1.29 is 19.1 Å². The molecule has 0 aliphatic heterocycles. The Morgan fingerprint density at radius 3 is 2.34 bits per heavy atom. The van der Waals surface area contributed by atoms with E-state index in [9.17, 15) is 9.59 Å². The summed E-state index contributed by atoms with van der Waals surface area (Å²) >= 11 is 6.16. The van der Waals surface area contributed by atoms with Gasteiger partial charge in [-0.2, -0.15) is 0 Å². The number of carbonyl (C=O) groups is 2. The molecule has 6 nitrogen and oxygen atoms in total. The van der Waals surface area contributed by atoms with Gasteiger partial charge >= 0.3 is 0 Å². The van der Waals surface area contributed by atoms with Crippen LogP contribution in [0.4, 0.5) is 0 Å². The van der Waals surface area contributed by atoms with Crippen LogP contribution >= 0.6 is 11.6 Å². The van der Waals surface area contributed by atoms with Gasteiger partial charge in [0, 0.05) is 12.1 Å². The monoisotopic (exact) mass is 452 g/mol. The summed E-state index contributed by atoms with van der Waals surface area (Å²) in [6.45, 7) is 0.263. The lowest BCUT2D eigenvalue weighted by molar-refractivity contribution is -0.121. The lowest BCUT2D eigenvalue weighted by Gasteiger charge is -2.20. The highest BCUT2D eigenvalue weighted by molar-refractivity contribution is 6.33. The molecule has 32 heavy (non-hydrogen) atoms. The number of benzene rings is 3. The van der Waals surface area contributed by atoms with Crippen molar-refractivity contribution in [2.45, 2.75) is 19.0 Å². The van der Waals surface area contributed by atoms with Crippen LogP contribution in [0, 0.1) is 0 Å². The highest BCUT2D eigenvalue weighted by atomic mass is 35.5. The van der Waals surface area contributed by atoms with E-state index >= 15 is 0 Å². The maximum atomic E-state index is 12.8. The van der Waals surface area contributed by atoms with Gasteiger partial charge in [0.25, 0.3) is 5.91 Å². The standard InChI is InChI=1S/C25H25ClN2O4/c1-31-19-12-13-23(32-2)18(14-19)16-27-24(29)15-22(17-8-4-3-5-9-17)28-25(30)20-10-6-7-11-21(20)26/h3-14,22H,15-16H2,1-2H3,(H,27,29)(H,28,30). The fourth-order valence-corrected chi connectivity index (χ4v) is 3.51. The summed E-state index contributed by atoms with van der Waals surface area (Å²) in [5.74, 6) is 0.761. The van der Waals surface area contributed by atoms with Gasteiger partial charge in [-0.3, -0.25) is 9.59 Å². The average molecular weight is 453 g/mol. The van der Waals surface area contributed by atoms with Crippen LogP contribution in [0.3, 0.4) is 0 Å². The Morgan fingerprint density at radius 1 is 0.938 bits per heavy atom. The minimum absolute atomic E-state index is 0.0620. The predicted octanol–water partition coefficient (Wildman–Crippen LogP) is 4.53. The molecule has 0 fully saturated rings. The molecule has 0 heterocycles. The quantitative estimate of drug-likeness (QED) is 0.500. The van der Waals surface area contributed by atoms with Crippen molar-refractivity contribution in [1.82, 2.24) is 10.6 Å². The maximum absolute atomic E-state index is 12.8. The molecule has 0 spiro atoms. The Labute approximate surface area is 192 Å². The van der Waals surface area contributed by atoms with Gasteiger partial charge in [-0.05, 0) is 35.9 Å². The second kappa shape index (κ2) is 11.2. The largest absolute Gasteiger partial charge is 0.497 e. The van der Waals surface area contributed by atoms with Crippen LogP contribution in [0.5, 0.6) is 11.5 Å². The van der Waals surface area contributed by atoms with Crippen LogP contribution in [0.1, 0.15) is 33.9 Å². The smallest absolute Gasteiger partial charge is 0.253 e. The zero-order valence-corrected chi connectivity index (χ0v) is 18.7. The van der Waals surface area contributed by atoms with E-state index in [-0.39, 0.29) is 24.8 Å². The van der Waals surface area contributed by atoms with Crippen LogP contribution in [0.2, 0.25) is 5.02 Å². The number of amides is 2. The molecule has 0 bridgehead atoms. The lowest BCUT2D eigenvalue weighted by Crippen LogP contribution is -2.33. The molecule has 3 aromatic carbocycles. The normalized spacial score (nSPS) is 11.3. The fraction of sp³-hybridized carbons (Fsp3) is 0.200. The maximum Gasteiger partial charge on any atom is 0.253 e. The molecule has 3 rings (SSSR count). The average Bonchev–Trinajstić information content (AvgIpc) is 2.82. The van der Waals surface area contributed by atoms with Gasteiger partial charge in [0.2, 0.25) is 5.91 Å². The number of hydrogen-bond acceptors (Lipinski definition) is 4. The molecule has 166 valence electrons. The van der Waals surface area contributed by atoms with Gasteiger partial charge in [0.1, 0.15) is 11.5 Å². The summed E-state index contributed by atoms with van der Waals surface area (Å²) in [5, 5.41) is 6.18. The first kappa shape index (κ1) is 23.2. The molecule has 0 aliphatic carbocycles. The number of hydrogen-bond donors (Lipinski definition) is 2. The first-order valence-corrected chi connectivity index (χ1v) is 10.5. The minimum atomic E-state index is -0.521. The number of halogens is 1. The third kappa shape index (κ3) is 6.02. The molecule has 1 unspecified atom stereocenters. The molecule has 7 heteroatoms. The van der Waals surface area contributed by atoms with E-state index in [4.69, 9.17) is 21.1 Å². The third-order valence-corrected chi connectivity index (χ3v) is 5.31. The number of rotatable bonds is 9. The third-order valence-electron chi connectivity index (χ3n) is 4.98. The Morgan fingerprint density at radius 2 is 1.66 bits per heavy atom. The predicted molar refractivity (Wildman–Crippen MR) is 124 cm³/mol. The van der Waals surface area contributed by atoms with Gasteiger partial charge in [0.05, 0.1) is 37.3 Å². The Hall–Kier alpha value is -3.51. The van der Waals surface area contributed by atoms with E-state index in [1.165, 1.54) is 0 Å². The Balaban J connectivity index is 1.72. The van der Waals surface area contributed by atoms with E-state index in [1.807, 2.05) is 36.4 Å². The molecule has 0 radical (unpaired) electrons. The van der Waals surface area contributed by atoms with Gasteiger partial charge in [-0.1, -0.05) is 54.1 Å². The lowest BCUT2D eigenvalue weighted by atomic mass is 10.0. The first-order chi connectivity index (χ1) is 15.5. The molecule has 0 saturated carbocycles. The number of carbonyl (C=O) groups excluding carboxylic acids is 2. The summed E-state index contributed by atoms with van der Waals surface area (Å²) in [5.41, 5.74) is 1.97. The Bertz CT molecular complexity index is 1070. The van der Waals surface area contributed by atoms with Crippen molar-refractivity contribution in [2.24, 2.45) is 0 Å². The molecular formula is C25H25ClN2O4. The summed E-state index contributed by atoms with van der Waals surface area (Å²) in [7, 11) is 3.15. The molecule has 2 amide bonds. The number of ether oxygens (including phenoxy) is 2. The zero-order valence-electron chi connectivity index (χ0n) is 17.9. The second-order valence-corrected chi connectivity index (χ2v) is 7.48.